The van der Waals surface area contributed by atoms with E-state index in [2.05, 4.69) is 29.6 Å². The topological polar surface area (TPSA) is 21.3 Å². The zero-order valence-electron chi connectivity index (χ0n) is 10.3. The SMILES string of the molecule is CCOCCCNC1c2ccccc2CC1Cl. The van der Waals surface area contributed by atoms with Gasteiger partial charge in [-0.25, -0.2) is 0 Å². The zero-order chi connectivity index (χ0) is 12.1. The number of hydrogen-bond donors (Lipinski definition) is 1. The Morgan fingerprint density at radius 1 is 1.41 bits per heavy atom. The molecule has 2 atom stereocenters. The highest BCUT2D eigenvalue weighted by atomic mass is 35.5. The summed E-state index contributed by atoms with van der Waals surface area (Å²) in [5.74, 6) is 0. The summed E-state index contributed by atoms with van der Waals surface area (Å²) in [5.41, 5.74) is 2.75. The fraction of sp³-hybridized carbons (Fsp3) is 0.571. The average Bonchev–Trinajstić information content (AvgIpc) is 2.65. The van der Waals surface area contributed by atoms with Crippen molar-refractivity contribution in [2.75, 3.05) is 19.8 Å². The summed E-state index contributed by atoms with van der Waals surface area (Å²) < 4.78 is 5.32. The molecule has 0 radical (unpaired) electrons. The molecule has 94 valence electrons. The Kier molecular flexibility index (Phi) is 4.84. The number of halogens is 1. The minimum absolute atomic E-state index is 0.180. The lowest BCUT2D eigenvalue weighted by molar-refractivity contribution is 0.144. The third-order valence-electron chi connectivity index (χ3n) is 3.20. The van der Waals surface area contributed by atoms with Crippen LogP contribution in [0, 0.1) is 0 Å². The number of alkyl halides is 1. The Balaban J connectivity index is 1.84. The predicted octanol–water partition coefficient (Wildman–Crippen LogP) is 2.91. The number of nitrogens with one attached hydrogen (secondary N) is 1. The van der Waals surface area contributed by atoms with Gasteiger partial charge in [-0.05, 0) is 37.4 Å². The van der Waals surface area contributed by atoms with E-state index in [9.17, 15) is 0 Å². The van der Waals surface area contributed by atoms with E-state index in [1.165, 1.54) is 11.1 Å². The summed E-state index contributed by atoms with van der Waals surface area (Å²) in [5, 5.41) is 3.71. The molecule has 2 rings (SSSR count). The van der Waals surface area contributed by atoms with Gasteiger partial charge in [-0.2, -0.15) is 0 Å². The Morgan fingerprint density at radius 3 is 3.06 bits per heavy atom. The first kappa shape index (κ1) is 12.9. The number of fused-ring (bicyclic) bond motifs is 1. The summed E-state index contributed by atoms with van der Waals surface area (Å²) >= 11 is 6.39. The molecule has 0 amide bonds. The Labute approximate surface area is 108 Å². The van der Waals surface area contributed by atoms with E-state index in [-0.39, 0.29) is 5.38 Å². The van der Waals surface area contributed by atoms with Gasteiger partial charge in [0.05, 0.1) is 5.38 Å². The van der Waals surface area contributed by atoms with Crippen molar-refractivity contribution >= 4 is 11.6 Å². The first-order valence-electron chi connectivity index (χ1n) is 6.36. The lowest BCUT2D eigenvalue weighted by atomic mass is 10.1. The maximum absolute atomic E-state index is 6.39. The summed E-state index contributed by atoms with van der Waals surface area (Å²) in [4.78, 5) is 0. The number of hydrogen-bond acceptors (Lipinski definition) is 2. The highest BCUT2D eigenvalue weighted by molar-refractivity contribution is 6.21. The van der Waals surface area contributed by atoms with Gasteiger partial charge in [0, 0.05) is 19.3 Å². The third-order valence-corrected chi connectivity index (χ3v) is 3.61. The van der Waals surface area contributed by atoms with Gasteiger partial charge in [-0.1, -0.05) is 24.3 Å². The fourth-order valence-corrected chi connectivity index (χ4v) is 2.75. The van der Waals surface area contributed by atoms with Crippen molar-refractivity contribution in [3.63, 3.8) is 0 Å². The van der Waals surface area contributed by atoms with Crippen LogP contribution in [0.15, 0.2) is 24.3 Å². The number of benzene rings is 1. The highest BCUT2D eigenvalue weighted by Crippen LogP contribution is 2.34. The Hall–Kier alpha value is -0.570. The van der Waals surface area contributed by atoms with Crippen LogP contribution in [-0.2, 0) is 11.2 Å². The lowest BCUT2D eigenvalue weighted by Crippen LogP contribution is -2.27. The maximum Gasteiger partial charge on any atom is 0.0571 e. The number of ether oxygens (including phenoxy) is 1. The van der Waals surface area contributed by atoms with E-state index in [0.29, 0.717) is 6.04 Å². The van der Waals surface area contributed by atoms with Crippen LogP contribution in [0.2, 0.25) is 0 Å². The highest BCUT2D eigenvalue weighted by Gasteiger charge is 2.29. The second-order valence-corrected chi connectivity index (χ2v) is 4.96. The van der Waals surface area contributed by atoms with Gasteiger partial charge >= 0.3 is 0 Å². The van der Waals surface area contributed by atoms with E-state index in [4.69, 9.17) is 16.3 Å². The third kappa shape index (κ3) is 3.21. The van der Waals surface area contributed by atoms with Crippen LogP contribution in [0.3, 0.4) is 0 Å². The average molecular weight is 254 g/mol. The monoisotopic (exact) mass is 253 g/mol. The first-order chi connectivity index (χ1) is 8.33. The predicted molar refractivity (Wildman–Crippen MR) is 71.6 cm³/mol. The normalized spacial score (nSPS) is 22.7. The summed E-state index contributed by atoms with van der Waals surface area (Å²) in [6.07, 6.45) is 2.01. The van der Waals surface area contributed by atoms with Gasteiger partial charge in [0.2, 0.25) is 0 Å². The van der Waals surface area contributed by atoms with Gasteiger partial charge < -0.3 is 10.1 Å². The maximum atomic E-state index is 6.39. The van der Waals surface area contributed by atoms with Crippen LogP contribution < -0.4 is 5.32 Å². The number of rotatable bonds is 6. The van der Waals surface area contributed by atoms with Crippen molar-refractivity contribution in [1.82, 2.24) is 5.32 Å². The van der Waals surface area contributed by atoms with Gasteiger partial charge in [0.25, 0.3) is 0 Å². The Bertz CT molecular complexity index is 356. The van der Waals surface area contributed by atoms with Crippen molar-refractivity contribution in [2.45, 2.75) is 31.2 Å². The molecular formula is C14H20ClNO. The van der Waals surface area contributed by atoms with Crippen molar-refractivity contribution in [3.05, 3.63) is 35.4 Å². The van der Waals surface area contributed by atoms with Crippen LogP contribution in [0.1, 0.15) is 30.5 Å². The molecule has 0 aromatic heterocycles. The molecule has 0 aliphatic heterocycles. The second kappa shape index (κ2) is 6.39. The molecule has 0 bridgehead atoms. The molecular weight excluding hydrogens is 234 g/mol. The molecule has 3 heteroatoms. The molecule has 1 aliphatic carbocycles. The van der Waals surface area contributed by atoms with Crippen molar-refractivity contribution in [1.29, 1.82) is 0 Å². The van der Waals surface area contributed by atoms with Crippen LogP contribution in [-0.4, -0.2) is 25.1 Å². The van der Waals surface area contributed by atoms with Crippen LogP contribution in [0.25, 0.3) is 0 Å². The fourth-order valence-electron chi connectivity index (χ4n) is 2.36. The standard InChI is InChI=1S/C14H20ClNO/c1-2-17-9-5-8-16-14-12-7-4-3-6-11(12)10-13(14)15/h3-4,6-7,13-14,16H,2,5,8-10H2,1H3. The molecule has 1 aromatic rings. The smallest absolute Gasteiger partial charge is 0.0571 e. The quantitative estimate of drug-likeness (QED) is 0.622. The van der Waals surface area contributed by atoms with Crippen LogP contribution in [0.4, 0.5) is 0 Å². The molecule has 0 saturated carbocycles. The van der Waals surface area contributed by atoms with E-state index < -0.39 is 0 Å². The molecule has 0 spiro atoms. The molecule has 2 nitrogen and oxygen atoms in total. The largest absolute Gasteiger partial charge is 0.382 e. The molecule has 1 aliphatic rings. The molecule has 17 heavy (non-hydrogen) atoms. The summed E-state index contributed by atoms with van der Waals surface area (Å²) in [6, 6.07) is 8.82. The minimum Gasteiger partial charge on any atom is -0.382 e. The van der Waals surface area contributed by atoms with Gasteiger partial charge in [0.1, 0.15) is 0 Å². The van der Waals surface area contributed by atoms with Crippen molar-refractivity contribution < 1.29 is 4.74 Å². The van der Waals surface area contributed by atoms with E-state index in [1.807, 2.05) is 6.92 Å². The lowest BCUT2D eigenvalue weighted by Gasteiger charge is -2.17. The summed E-state index contributed by atoms with van der Waals surface area (Å²) in [7, 11) is 0. The van der Waals surface area contributed by atoms with Crippen molar-refractivity contribution in [3.8, 4) is 0 Å². The Morgan fingerprint density at radius 2 is 2.24 bits per heavy atom. The molecule has 0 saturated heterocycles. The van der Waals surface area contributed by atoms with Crippen molar-refractivity contribution in [2.24, 2.45) is 0 Å². The minimum atomic E-state index is 0.180. The van der Waals surface area contributed by atoms with E-state index in [0.717, 1.165) is 32.6 Å². The van der Waals surface area contributed by atoms with E-state index in [1.54, 1.807) is 0 Å². The molecule has 1 aromatic carbocycles. The zero-order valence-corrected chi connectivity index (χ0v) is 11.0. The summed E-state index contributed by atoms with van der Waals surface area (Å²) in [6.45, 7) is 4.60. The van der Waals surface area contributed by atoms with Gasteiger partial charge in [-0.15, -0.1) is 11.6 Å². The van der Waals surface area contributed by atoms with Gasteiger partial charge in [0.15, 0.2) is 0 Å². The van der Waals surface area contributed by atoms with E-state index >= 15 is 0 Å². The second-order valence-electron chi connectivity index (χ2n) is 4.40. The molecule has 1 N–H and O–H groups in total. The molecule has 0 heterocycles. The van der Waals surface area contributed by atoms with Gasteiger partial charge in [-0.3, -0.25) is 0 Å². The van der Waals surface area contributed by atoms with Crippen LogP contribution in [0.5, 0.6) is 0 Å². The first-order valence-corrected chi connectivity index (χ1v) is 6.79. The molecule has 0 fully saturated rings. The van der Waals surface area contributed by atoms with Crippen LogP contribution >= 0.6 is 11.6 Å². The molecule has 2 unspecified atom stereocenters.